The van der Waals surface area contributed by atoms with Crippen LogP contribution in [0.3, 0.4) is 0 Å². The molecular formula is C19H33N5O6S. The van der Waals surface area contributed by atoms with Crippen LogP contribution in [0.4, 0.5) is 0 Å². The molecule has 0 spiro atoms. The first kappa shape index (κ1) is 26.7. The second-order valence-electron chi connectivity index (χ2n) is 7.99. The lowest BCUT2D eigenvalue weighted by atomic mass is 10.0. The van der Waals surface area contributed by atoms with Crippen molar-refractivity contribution in [1.82, 2.24) is 21.3 Å². The van der Waals surface area contributed by atoms with Gasteiger partial charge in [-0.3, -0.25) is 19.2 Å². The van der Waals surface area contributed by atoms with Crippen molar-refractivity contribution in [2.45, 2.75) is 70.1 Å². The maximum absolute atomic E-state index is 12.7. The molecule has 1 rings (SSSR count). The van der Waals surface area contributed by atoms with E-state index in [9.17, 15) is 29.1 Å². The van der Waals surface area contributed by atoms with Crippen LogP contribution in [-0.4, -0.2) is 71.2 Å². The van der Waals surface area contributed by atoms with Gasteiger partial charge in [0, 0.05) is 12.2 Å². The Morgan fingerprint density at radius 2 is 1.68 bits per heavy atom. The number of nitrogens with two attached hydrogens (primary N) is 1. The second-order valence-corrected chi connectivity index (χ2v) is 8.35. The van der Waals surface area contributed by atoms with Gasteiger partial charge in [-0.15, -0.1) is 0 Å². The van der Waals surface area contributed by atoms with E-state index in [2.05, 4.69) is 33.9 Å². The summed E-state index contributed by atoms with van der Waals surface area (Å²) in [6.45, 7) is 4.34. The largest absolute Gasteiger partial charge is 0.480 e. The van der Waals surface area contributed by atoms with Crippen LogP contribution in [0.1, 0.15) is 46.0 Å². The Bertz CT molecular complexity index is 668. The summed E-state index contributed by atoms with van der Waals surface area (Å²) in [4.78, 5) is 60.2. The number of primary amides is 1. The summed E-state index contributed by atoms with van der Waals surface area (Å²) in [6.07, 6.45) is 1.51. The monoisotopic (exact) mass is 459 g/mol. The average molecular weight is 460 g/mol. The Hall–Kier alpha value is -2.34. The summed E-state index contributed by atoms with van der Waals surface area (Å²) in [7, 11) is 0. The first-order valence-corrected chi connectivity index (χ1v) is 10.9. The Labute approximate surface area is 187 Å². The van der Waals surface area contributed by atoms with Crippen molar-refractivity contribution in [2.75, 3.05) is 12.3 Å². The molecule has 0 aromatic heterocycles. The number of hydrogen-bond donors (Lipinski definition) is 7. The van der Waals surface area contributed by atoms with Crippen LogP contribution in [0.15, 0.2) is 0 Å². The molecule has 0 aliphatic carbocycles. The smallest absolute Gasteiger partial charge is 0.326 e. The number of aliphatic carboxylic acids is 1. The summed E-state index contributed by atoms with van der Waals surface area (Å²) < 4.78 is 0. The first-order valence-electron chi connectivity index (χ1n) is 10.3. The number of nitrogens with one attached hydrogen (secondary N) is 4. The van der Waals surface area contributed by atoms with Crippen LogP contribution in [0.25, 0.3) is 0 Å². The predicted molar refractivity (Wildman–Crippen MR) is 116 cm³/mol. The highest BCUT2D eigenvalue weighted by molar-refractivity contribution is 7.80. The zero-order valence-corrected chi connectivity index (χ0v) is 18.7. The number of carbonyl (C=O) groups is 5. The number of carbonyl (C=O) groups excluding carboxylic acids is 4. The van der Waals surface area contributed by atoms with Crippen LogP contribution >= 0.6 is 12.6 Å². The van der Waals surface area contributed by atoms with Gasteiger partial charge < -0.3 is 32.1 Å². The van der Waals surface area contributed by atoms with Crippen molar-refractivity contribution >= 4 is 42.2 Å². The summed E-state index contributed by atoms with van der Waals surface area (Å²) in [5.74, 6) is -3.63. The van der Waals surface area contributed by atoms with Gasteiger partial charge in [-0.1, -0.05) is 13.8 Å². The van der Waals surface area contributed by atoms with Crippen molar-refractivity contribution in [2.24, 2.45) is 11.7 Å². The Morgan fingerprint density at radius 1 is 1.06 bits per heavy atom. The standard InChI is InChI=1S/C19H33N5O6S/c1-10(2)8-13(19(29)30)23-18(28)14(9-31)24-17(27)12(5-6-15(20)25)22-16(26)11-4-3-7-21-11/h10-14,21,31H,3-9H2,1-2H3,(H2,20,25)(H,22,26)(H,23,28)(H,24,27)(H,29,30). The molecule has 0 saturated carbocycles. The molecule has 1 aliphatic heterocycles. The first-order chi connectivity index (χ1) is 14.5. The van der Waals surface area contributed by atoms with Crippen LogP contribution in [-0.2, 0) is 24.0 Å². The Balaban J connectivity index is 2.81. The highest BCUT2D eigenvalue weighted by Crippen LogP contribution is 2.08. The average Bonchev–Trinajstić information content (AvgIpc) is 3.22. The lowest BCUT2D eigenvalue weighted by Crippen LogP contribution is -2.57. The molecule has 4 amide bonds. The van der Waals surface area contributed by atoms with Gasteiger partial charge in [0.2, 0.25) is 23.6 Å². The van der Waals surface area contributed by atoms with Gasteiger partial charge in [0.1, 0.15) is 18.1 Å². The van der Waals surface area contributed by atoms with Gasteiger partial charge in [0.15, 0.2) is 0 Å². The number of carboxylic acids is 1. The van der Waals surface area contributed by atoms with Crippen molar-refractivity contribution in [3.05, 3.63) is 0 Å². The Kier molecular flexibility index (Phi) is 11.3. The molecule has 7 N–H and O–H groups in total. The fraction of sp³-hybridized carbons (Fsp3) is 0.737. The third kappa shape index (κ3) is 9.55. The fourth-order valence-electron chi connectivity index (χ4n) is 3.17. The van der Waals surface area contributed by atoms with Gasteiger partial charge in [-0.25, -0.2) is 4.79 Å². The van der Waals surface area contributed by atoms with E-state index in [-0.39, 0.29) is 36.8 Å². The van der Waals surface area contributed by atoms with E-state index in [0.29, 0.717) is 13.0 Å². The lowest BCUT2D eigenvalue weighted by molar-refractivity contribution is -0.142. The van der Waals surface area contributed by atoms with Crippen molar-refractivity contribution in [1.29, 1.82) is 0 Å². The van der Waals surface area contributed by atoms with E-state index in [1.54, 1.807) is 0 Å². The minimum atomic E-state index is -1.18. The number of carboxylic acid groups (broad SMARTS) is 1. The lowest BCUT2D eigenvalue weighted by Gasteiger charge is -2.24. The van der Waals surface area contributed by atoms with Crippen LogP contribution in [0.5, 0.6) is 0 Å². The summed E-state index contributed by atoms with van der Waals surface area (Å²) in [5, 5.41) is 19.8. The van der Waals surface area contributed by atoms with Crippen molar-refractivity contribution in [3.63, 3.8) is 0 Å². The minimum Gasteiger partial charge on any atom is -0.480 e. The van der Waals surface area contributed by atoms with E-state index in [1.165, 1.54) is 0 Å². The summed E-state index contributed by atoms with van der Waals surface area (Å²) in [5.41, 5.74) is 5.16. The molecule has 0 aromatic rings. The highest BCUT2D eigenvalue weighted by Gasteiger charge is 2.31. The molecule has 11 nitrogen and oxygen atoms in total. The highest BCUT2D eigenvalue weighted by atomic mass is 32.1. The fourth-order valence-corrected chi connectivity index (χ4v) is 3.42. The molecule has 12 heteroatoms. The SMILES string of the molecule is CC(C)CC(NC(=O)C(CS)NC(=O)C(CCC(N)=O)NC(=O)C1CCCN1)C(=O)O. The molecule has 1 aliphatic rings. The van der Waals surface area contributed by atoms with E-state index >= 15 is 0 Å². The Morgan fingerprint density at radius 3 is 2.16 bits per heavy atom. The number of amides is 4. The predicted octanol–water partition coefficient (Wildman–Crippen LogP) is -1.48. The van der Waals surface area contributed by atoms with Crippen LogP contribution in [0.2, 0.25) is 0 Å². The quantitative estimate of drug-likeness (QED) is 0.164. The summed E-state index contributed by atoms with van der Waals surface area (Å²) in [6, 6.07) is -3.74. The maximum atomic E-state index is 12.7. The van der Waals surface area contributed by atoms with Crippen molar-refractivity contribution < 1.29 is 29.1 Å². The molecule has 4 atom stereocenters. The molecule has 0 aromatic carbocycles. The topological polar surface area (TPSA) is 180 Å². The number of hydrogen-bond acceptors (Lipinski definition) is 7. The molecule has 4 unspecified atom stereocenters. The van der Waals surface area contributed by atoms with Gasteiger partial charge in [-0.05, 0) is 38.1 Å². The van der Waals surface area contributed by atoms with Gasteiger partial charge in [0.25, 0.3) is 0 Å². The van der Waals surface area contributed by atoms with E-state index in [0.717, 1.165) is 6.42 Å². The van der Waals surface area contributed by atoms with Crippen molar-refractivity contribution in [3.8, 4) is 0 Å². The third-order valence-corrected chi connectivity index (χ3v) is 5.19. The van der Waals surface area contributed by atoms with Gasteiger partial charge in [0.05, 0.1) is 6.04 Å². The molecule has 1 fully saturated rings. The molecule has 31 heavy (non-hydrogen) atoms. The normalized spacial score (nSPS) is 18.6. The zero-order chi connectivity index (χ0) is 23.6. The molecule has 1 heterocycles. The van der Waals surface area contributed by atoms with Gasteiger partial charge >= 0.3 is 5.97 Å². The van der Waals surface area contributed by atoms with Crippen LogP contribution in [0, 0.1) is 5.92 Å². The van der Waals surface area contributed by atoms with E-state index < -0.39 is 47.9 Å². The zero-order valence-electron chi connectivity index (χ0n) is 17.8. The second kappa shape index (κ2) is 13.2. The third-order valence-electron chi connectivity index (χ3n) is 4.83. The molecular weight excluding hydrogens is 426 g/mol. The van der Waals surface area contributed by atoms with Crippen LogP contribution < -0.4 is 27.0 Å². The number of rotatable bonds is 13. The molecule has 0 radical (unpaired) electrons. The molecule has 1 saturated heterocycles. The van der Waals surface area contributed by atoms with Gasteiger partial charge in [-0.2, -0.15) is 12.6 Å². The summed E-state index contributed by atoms with van der Waals surface area (Å²) >= 11 is 4.07. The molecule has 0 bridgehead atoms. The molecule has 176 valence electrons. The maximum Gasteiger partial charge on any atom is 0.326 e. The minimum absolute atomic E-state index is 0.0306. The van der Waals surface area contributed by atoms with E-state index in [1.807, 2.05) is 13.8 Å². The van der Waals surface area contributed by atoms with E-state index in [4.69, 9.17) is 5.73 Å². The number of thiol groups is 1.